The molecule has 0 spiro atoms. The molecule has 0 radical (unpaired) electrons. The molecule has 2 aromatic carbocycles. The summed E-state index contributed by atoms with van der Waals surface area (Å²) in [6.07, 6.45) is 4.92. The van der Waals surface area contributed by atoms with Crippen molar-refractivity contribution in [3.8, 4) is 0 Å². The van der Waals surface area contributed by atoms with Crippen LogP contribution in [0.25, 0.3) is 10.8 Å². The molecule has 27 heavy (non-hydrogen) atoms. The minimum absolute atomic E-state index is 0.0676. The molecule has 6 nitrogen and oxygen atoms in total. The van der Waals surface area contributed by atoms with Crippen LogP contribution in [0.3, 0.4) is 0 Å². The Morgan fingerprint density at radius 2 is 1.89 bits per heavy atom. The molecule has 4 rings (SSSR count). The van der Waals surface area contributed by atoms with Crippen molar-refractivity contribution in [3.05, 3.63) is 70.8 Å². The maximum atomic E-state index is 13.8. The number of hydrogen-bond donors (Lipinski definition) is 1. The topological polar surface area (TPSA) is 71.3 Å². The van der Waals surface area contributed by atoms with Gasteiger partial charge in [-0.1, -0.05) is 12.1 Å². The van der Waals surface area contributed by atoms with Gasteiger partial charge in [0.25, 0.3) is 5.69 Å². The molecule has 1 saturated heterocycles. The summed E-state index contributed by atoms with van der Waals surface area (Å²) >= 11 is 0. The van der Waals surface area contributed by atoms with Crippen LogP contribution in [0.5, 0.6) is 0 Å². The van der Waals surface area contributed by atoms with Crippen molar-refractivity contribution >= 4 is 27.8 Å². The number of anilines is 2. The predicted molar refractivity (Wildman–Crippen MR) is 104 cm³/mol. The fourth-order valence-electron chi connectivity index (χ4n) is 3.66. The van der Waals surface area contributed by atoms with Crippen molar-refractivity contribution in [1.29, 1.82) is 0 Å². The van der Waals surface area contributed by atoms with E-state index < -0.39 is 0 Å². The summed E-state index contributed by atoms with van der Waals surface area (Å²) in [5.74, 6) is -0.242. The number of halogens is 1. The number of rotatable bonds is 4. The van der Waals surface area contributed by atoms with Crippen LogP contribution < -0.4 is 10.2 Å². The largest absolute Gasteiger partial charge is 0.380 e. The summed E-state index contributed by atoms with van der Waals surface area (Å²) in [6.45, 7) is 1.59. The molecule has 0 aliphatic carbocycles. The number of nitrogens with zero attached hydrogens (tertiary/aromatic N) is 3. The zero-order valence-corrected chi connectivity index (χ0v) is 14.6. The van der Waals surface area contributed by atoms with Crippen LogP contribution in [-0.4, -0.2) is 29.0 Å². The summed E-state index contributed by atoms with van der Waals surface area (Å²) in [6, 6.07) is 12.1. The van der Waals surface area contributed by atoms with Gasteiger partial charge in [0.2, 0.25) is 0 Å². The van der Waals surface area contributed by atoms with Crippen molar-refractivity contribution in [3.63, 3.8) is 0 Å². The third-order valence-corrected chi connectivity index (χ3v) is 5.04. The van der Waals surface area contributed by atoms with Gasteiger partial charge in [-0.25, -0.2) is 4.39 Å². The predicted octanol–water partition coefficient (Wildman–Crippen LogP) is 4.36. The first-order valence-electron chi connectivity index (χ1n) is 8.90. The van der Waals surface area contributed by atoms with Crippen LogP contribution in [0.15, 0.2) is 54.9 Å². The lowest BCUT2D eigenvalue weighted by molar-refractivity contribution is -0.383. The van der Waals surface area contributed by atoms with Gasteiger partial charge < -0.3 is 10.2 Å². The molecule has 0 atom stereocenters. The number of benzene rings is 2. The summed E-state index contributed by atoms with van der Waals surface area (Å²) in [5, 5.41) is 15.9. The Hall–Kier alpha value is -3.22. The molecule has 0 amide bonds. The Labute approximate surface area is 155 Å². The van der Waals surface area contributed by atoms with E-state index in [1.165, 1.54) is 6.07 Å². The Kier molecular flexibility index (Phi) is 4.58. The second kappa shape index (κ2) is 7.19. The van der Waals surface area contributed by atoms with Crippen LogP contribution in [-0.2, 0) is 0 Å². The number of fused-ring (bicyclic) bond motifs is 1. The van der Waals surface area contributed by atoms with Gasteiger partial charge in [0.15, 0.2) is 0 Å². The number of para-hydroxylation sites is 1. The van der Waals surface area contributed by atoms with E-state index in [-0.39, 0.29) is 22.5 Å². The molecule has 1 aliphatic heterocycles. The van der Waals surface area contributed by atoms with Gasteiger partial charge in [0, 0.05) is 48.7 Å². The Morgan fingerprint density at radius 1 is 1.11 bits per heavy atom. The highest BCUT2D eigenvalue weighted by Crippen LogP contribution is 2.34. The molecule has 1 N–H and O–H groups in total. The first-order chi connectivity index (χ1) is 13.1. The van der Waals surface area contributed by atoms with E-state index in [9.17, 15) is 14.5 Å². The van der Waals surface area contributed by atoms with Crippen molar-refractivity contribution in [2.75, 3.05) is 23.3 Å². The standard InChI is InChI=1S/C20H19FN4O2/c21-17-3-1-2-4-18(17)23-14-8-11-24(12-9-14)19-5-6-20(25(26)27)16-13-22-10-7-15(16)19/h1-7,10,13-14,23H,8-9,11-12H2. The quantitative estimate of drug-likeness (QED) is 0.549. The van der Waals surface area contributed by atoms with Gasteiger partial charge in [0.05, 0.1) is 16.0 Å². The highest BCUT2D eigenvalue weighted by Gasteiger charge is 2.23. The van der Waals surface area contributed by atoms with Gasteiger partial charge >= 0.3 is 0 Å². The minimum Gasteiger partial charge on any atom is -0.380 e. The highest BCUT2D eigenvalue weighted by molar-refractivity contribution is 5.99. The van der Waals surface area contributed by atoms with Gasteiger partial charge in [-0.2, -0.15) is 0 Å². The molecule has 0 unspecified atom stereocenters. The fraction of sp³-hybridized carbons (Fsp3) is 0.250. The molecule has 7 heteroatoms. The van der Waals surface area contributed by atoms with E-state index >= 15 is 0 Å². The van der Waals surface area contributed by atoms with Crippen LogP contribution in [0.2, 0.25) is 0 Å². The second-order valence-corrected chi connectivity index (χ2v) is 6.67. The monoisotopic (exact) mass is 366 g/mol. The average molecular weight is 366 g/mol. The Bertz CT molecular complexity index is 987. The molecule has 1 fully saturated rings. The van der Waals surface area contributed by atoms with Crippen LogP contribution in [0, 0.1) is 15.9 Å². The number of nitrogens with one attached hydrogen (secondary N) is 1. The van der Waals surface area contributed by atoms with Crippen LogP contribution >= 0.6 is 0 Å². The third-order valence-electron chi connectivity index (χ3n) is 5.04. The molecule has 0 bridgehead atoms. The number of non-ortho nitro benzene ring substituents is 1. The molecular formula is C20H19FN4O2. The number of nitro groups is 1. The van der Waals surface area contributed by atoms with E-state index in [0.29, 0.717) is 11.1 Å². The van der Waals surface area contributed by atoms with E-state index in [4.69, 9.17) is 0 Å². The van der Waals surface area contributed by atoms with Crippen molar-refractivity contribution in [2.45, 2.75) is 18.9 Å². The molecule has 1 aromatic heterocycles. The lowest BCUT2D eigenvalue weighted by Gasteiger charge is -2.35. The maximum Gasteiger partial charge on any atom is 0.278 e. The Morgan fingerprint density at radius 3 is 2.63 bits per heavy atom. The number of aromatic nitrogens is 1. The maximum absolute atomic E-state index is 13.8. The first-order valence-corrected chi connectivity index (χ1v) is 8.90. The zero-order chi connectivity index (χ0) is 18.8. The highest BCUT2D eigenvalue weighted by atomic mass is 19.1. The average Bonchev–Trinajstić information content (AvgIpc) is 2.69. The lowest BCUT2D eigenvalue weighted by Crippen LogP contribution is -2.39. The second-order valence-electron chi connectivity index (χ2n) is 6.67. The van der Waals surface area contributed by atoms with E-state index in [0.717, 1.165) is 37.0 Å². The molecule has 138 valence electrons. The van der Waals surface area contributed by atoms with Gasteiger partial charge in [-0.3, -0.25) is 15.1 Å². The van der Waals surface area contributed by atoms with Crippen LogP contribution in [0.4, 0.5) is 21.5 Å². The normalized spacial score (nSPS) is 15.1. The Balaban J connectivity index is 1.53. The van der Waals surface area contributed by atoms with Crippen molar-refractivity contribution < 1.29 is 9.31 Å². The molecule has 0 saturated carbocycles. The summed E-state index contributed by atoms with van der Waals surface area (Å²) in [7, 11) is 0. The fourth-order valence-corrected chi connectivity index (χ4v) is 3.66. The lowest BCUT2D eigenvalue weighted by atomic mass is 10.0. The van der Waals surface area contributed by atoms with Crippen molar-refractivity contribution in [2.24, 2.45) is 0 Å². The van der Waals surface area contributed by atoms with Gasteiger partial charge in [-0.15, -0.1) is 0 Å². The van der Waals surface area contributed by atoms with Gasteiger partial charge in [0.1, 0.15) is 5.82 Å². The number of hydrogen-bond acceptors (Lipinski definition) is 5. The smallest absolute Gasteiger partial charge is 0.278 e. The minimum atomic E-state index is -0.377. The van der Waals surface area contributed by atoms with E-state index in [1.54, 1.807) is 30.6 Å². The summed E-state index contributed by atoms with van der Waals surface area (Å²) in [4.78, 5) is 17.2. The number of piperidine rings is 1. The summed E-state index contributed by atoms with van der Waals surface area (Å²) < 4.78 is 13.8. The third kappa shape index (κ3) is 3.40. The molecular weight excluding hydrogens is 347 g/mol. The zero-order valence-electron chi connectivity index (χ0n) is 14.6. The van der Waals surface area contributed by atoms with E-state index in [2.05, 4.69) is 15.2 Å². The molecule has 3 aromatic rings. The summed E-state index contributed by atoms with van der Waals surface area (Å²) in [5.41, 5.74) is 1.57. The number of nitro benzene ring substituents is 1. The first kappa shape index (κ1) is 17.2. The molecule has 1 aliphatic rings. The van der Waals surface area contributed by atoms with Gasteiger partial charge in [-0.05, 0) is 37.1 Å². The van der Waals surface area contributed by atoms with E-state index in [1.807, 2.05) is 18.2 Å². The molecule has 2 heterocycles. The van der Waals surface area contributed by atoms with Crippen LogP contribution in [0.1, 0.15) is 12.8 Å². The number of pyridine rings is 1. The van der Waals surface area contributed by atoms with Crippen molar-refractivity contribution in [1.82, 2.24) is 4.98 Å². The SMILES string of the molecule is O=[N+]([O-])c1ccc(N2CCC(Nc3ccccc3F)CC2)c2ccncc12.